The molecule has 14 heavy (non-hydrogen) atoms. The van der Waals surface area contributed by atoms with Crippen molar-refractivity contribution in [3.05, 3.63) is 36.8 Å². The fourth-order valence-corrected chi connectivity index (χ4v) is 1.02. The maximum absolute atomic E-state index is 4.78. The predicted octanol–water partition coefficient (Wildman–Crippen LogP) is 3.58. The molecule has 0 amide bonds. The number of hydrogen-bond acceptors (Lipinski definition) is 2. The summed E-state index contributed by atoms with van der Waals surface area (Å²) in [6.07, 6.45) is 16.0. The van der Waals surface area contributed by atoms with E-state index in [1.54, 1.807) is 19.6 Å². The Morgan fingerprint density at radius 3 is 1.86 bits per heavy atom. The van der Waals surface area contributed by atoms with E-state index in [-0.39, 0.29) is 0 Å². The fraction of sp³-hybridized carbons (Fsp3) is 0.455. The second-order valence-electron chi connectivity index (χ2n) is 2.74. The first-order chi connectivity index (χ1) is 6.91. The molecule has 0 aliphatic heterocycles. The number of unbranched alkanes of at least 4 members (excludes halogenated alkanes) is 2. The van der Waals surface area contributed by atoms with Crippen LogP contribution in [0.5, 0.6) is 0 Å². The van der Waals surface area contributed by atoms with Crippen molar-refractivity contribution in [2.45, 2.75) is 25.7 Å². The van der Waals surface area contributed by atoms with E-state index in [0.717, 1.165) is 25.7 Å². The zero-order chi connectivity index (χ0) is 10.5. The largest absolute Gasteiger partial charge is 0.505 e. The SMILES string of the molecule is CO/C=C/CC/C=C/CC/C=C/OP. The van der Waals surface area contributed by atoms with Gasteiger partial charge in [-0.1, -0.05) is 12.2 Å². The van der Waals surface area contributed by atoms with E-state index >= 15 is 0 Å². The highest BCUT2D eigenvalue weighted by atomic mass is 31.0. The number of methoxy groups -OCH3 is 1. The average Bonchev–Trinajstić information content (AvgIpc) is 2.21. The Kier molecular flexibility index (Phi) is 11.6. The molecular formula is C11H19O2P. The highest BCUT2D eigenvalue weighted by Crippen LogP contribution is 1.98. The molecule has 80 valence electrons. The second-order valence-corrected chi connectivity index (χ2v) is 3.01. The minimum absolute atomic E-state index is 1.03. The molecular weight excluding hydrogens is 195 g/mol. The molecule has 0 bridgehead atoms. The van der Waals surface area contributed by atoms with Crippen LogP contribution < -0.4 is 0 Å². The summed E-state index contributed by atoms with van der Waals surface area (Å²) in [5, 5.41) is 0. The van der Waals surface area contributed by atoms with Gasteiger partial charge in [-0.15, -0.1) is 0 Å². The van der Waals surface area contributed by atoms with Crippen LogP contribution >= 0.6 is 9.47 Å². The van der Waals surface area contributed by atoms with Crippen LogP contribution in [0.15, 0.2) is 36.8 Å². The van der Waals surface area contributed by atoms with Gasteiger partial charge in [0.05, 0.1) is 29.1 Å². The Balaban J connectivity index is 3.19. The molecule has 0 radical (unpaired) electrons. The van der Waals surface area contributed by atoms with E-state index < -0.39 is 0 Å². The first kappa shape index (κ1) is 13.2. The molecule has 0 aromatic rings. The van der Waals surface area contributed by atoms with Crippen molar-refractivity contribution in [1.82, 2.24) is 0 Å². The predicted molar refractivity (Wildman–Crippen MR) is 63.7 cm³/mol. The normalized spacial score (nSPS) is 11.9. The summed E-state index contributed by atoms with van der Waals surface area (Å²) < 4.78 is 9.49. The third-order valence-electron chi connectivity index (χ3n) is 1.57. The lowest BCUT2D eigenvalue weighted by atomic mass is 10.2. The molecule has 1 atom stereocenters. The Morgan fingerprint density at radius 2 is 1.36 bits per heavy atom. The fourth-order valence-electron chi connectivity index (χ4n) is 0.908. The lowest BCUT2D eigenvalue weighted by Gasteiger charge is -1.89. The molecule has 3 heteroatoms. The molecule has 0 aliphatic rings. The van der Waals surface area contributed by atoms with E-state index in [1.807, 2.05) is 12.2 Å². The van der Waals surface area contributed by atoms with Crippen LogP contribution in [0, 0.1) is 0 Å². The van der Waals surface area contributed by atoms with Crippen LogP contribution in [0.2, 0.25) is 0 Å². The highest BCUT2D eigenvalue weighted by Gasteiger charge is 1.78. The van der Waals surface area contributed by atoms with Crippen LogP contribution in [-0.2, 0) is 9.26 Å². The lowest BCUT2D eigenvalue weighted by molar-refractivity contribution is 0.336. The molecule has 0 N–H and O–H groups in total. The van der Waals surface area contributed by atoms with Gasteiger partial charge in [0.2, 0.25) is 0 Å². The summed E-state index contributed by atoms with van der Waals surface area (Å²) >= 11 is 0. The van der Waals surface area contributed by atoms with Crippen LogP contribution in [-0.4, -0.2) is 7.11 Å². The second kappa shape index (κ2) is 12.2. The van der Waals surface area contributed by atoms with E-state index in [0.29, 0.717) is 0 Å². The summed E-state index contributed by atoms with van der Waals surface area (Å²) in [6, 6.07) is 0. The zero-order valence-corrected chi connectivity index (χ0v) is 9.84. The third-order valence-corrected chi connectivity index (χ3v) is 1.73. The summed E-state index contributed by atoms with van der Waals surface area (Å²) in [4.78, 5) is 0. The highest BCUT2D eigenvalue weighted by molar-refractivity contribution is 7.10. The van der Waals surface area contributed by atoms with E-state index in [1.165, 1.54) is 0 Å². The molecule has 0 fully saturated rings. The Bertz CT molecular complexity index is 166. The van der Waals surface area contributed by atoms with Crippen molar-refractivity contribution < 1.29 is 9.26 Å². The molecule has 0 aliphatic carbocycles. The monoisotopic (exact) mass is 214 g/mol. The van der Waals surface area contributed by atoms with Gasteiger partial charge in [-0.25, -0.2) is 0 Å². The van der Waals surface area contributed by atoms with Crippen molar-refractivity contribution in [3.63, 3.8) is 0 Å². The average molecular weight is 214 g/mol. The topological polar surface area (TPSA) is 18.5 Å². The molecule has 2 nitrogen and oxygen atoms in total. The molecule has 0 aromatic carbocycles. The number of rotatable bonds is 8. The minimum atomic E-state index is 1.03. The number of allylic oxidation sites excluding steroid dienone is 4. The van der Waals surface area contributed by atoms with Crippen molar-refractivity contribution in [3.8, 4) is 0 Å². The quantitative estimate of drug-likeness (QED) is 0.266. The van der Waals surface area contributed by atoms with Gasteiger partial charge in [0.25, 0.3) is 0 Å². The maximum atomic E-state index is 4.78. The van der Waals surface area contributed by atoms with Gasteiger partial charge in [-0.3, -0.25) is 0 Å². The third kappa shape index (κ3) is 11.2. The summed E-state index contributed by atoms with van der Waals surface area (Å²) in [7, 11) is 3.85. The Hall–Kier alpha value is -0.750. The molecule has 0 heterocycles. The number of ether oxygens (including phenoxy) is 1. The van der Waals surface area contributed by atoms with Gasteiger partial charge >= 0.3 is 0 Å². The van der Waals surface area contributed by atoms with Crippen LogP contribution in [0.25, 0.3) is 0 Å². The van der Waals surface area contributed by atoms with Crippen molar-refractivity contribution in [2.75, 3.05) is 7.11 Å². The van der Waals surface area contributed by atoms with Gasteiger partial charge in [-0.2, -0.15) is 0 Å². The number of hydrogen-bond donors (Lipinski definition) is 0. The molecule has 0 rings (SSSR count). The first-order valence-electron chi connectivity index (χ1n) is 4.75. The molecule has 0 spiro atoms. The van der Waals surface area contributed by atoms with E-state index in [4.69, 9.17) is 9.26 Å². The standard InChI is InChI=1S/C11H19O2P/c1-12-10-8-6-4-2-3-5-7-9-11-13-14/h2-3,8-11H,4-7,14H2,1H3/b3-2+,10-8+,11-9+. The van der Waals surface area contributed by atoms with Crippen molar-refractivity contribution in [2.24, 2.45) is 0 Å². The minimum Gasteiger partial charge on any atom is -0.505 e. The summed E-state index contributed by atoms with van der Waals surface area (Å²) in [5.41, 5.74) is 0. The van der Waals surface area contributed by atoms with Gasteiger partial charge in [-0.05, 0) is 37.8 Å². The van der Waals surface area contributed by atoms with Gasteiger partial charge in [0, 0.05) is 0 Å². The van der Waals surface area contributed by atoms with Gasteiger partial charge in [0.15, 0.2) is 0 Å². The van der Waals surface area contributed by atoms with Crippen molar-refractivity contribution in [1.29, 1.82) is 0 Å². The van der Waals surface area contributed by atoms with Gasteiger partial charge in [0.1, 0.15) is 0 Å². The molecule has 1 unspecified atom stereocenters. The molecule has 0 aromatic heterocycles. The maximum Gasteiger partial charge on any atom is 0.0821 e. The van der Waals surface area contributed by atoms with Gasteiger partial charge < -0.3 is 9.26 Å². The Morgan fingerprint density at radius 1 is 0.857 bits per heavy atom. The Labute approximate surface area is 89.0 Å². The van der Waals surface area contributed by atoms with Crippen molar-refractivity contribution >= 4 is 9.47 Å². The molecule has 0 saturated carbocycles. The summed E-state index contributed by atoms with van der Waals surface area (Å²) in [6.45, 7) is 0. The molecule has 0 saturated heterocycles. The van der Waals surface area contributed by atoms with Crippen LogP contribution in [0.3, 0.4) is 0 Å². The summed E-state index contributed by atoms with van der Waals surface area (Å²) in [5.74, 6) is 0. The van der Waals surface area contributed by atoms with E-state index in [2.05, 4.69) is 21.6 Å². The smallest absolute Gasteiger partial charge is 0.0821 e. The lowest BCUT2D eigenvalue weighted by Crippen LogP contribution is -1.69. The van der Waals surface area contributed by atoms with Crippen LogP contribution in [0.1, 0.15) is 25.7 Å². The first-order valence-corrected chi connectivity index (χ1v) is 5.22. The zero-order valence-electron chi connectivity index (χ0n) is 8.69. The van der Waals surface area contributed by atoms with Crippen LogP contribution in [0.4, 0.5) is 0 Å². The van der Waals surface area contributed by atoms with E-state index in [9.17, 15) is 0 Å².